The summed E-state index contributed by atoms with van der Waals surface area (Å²) < 4.78 is 12.9. The zero-order chi connectivity index (χ0) is 26.4. The average molecular weight is 617 g/mol. The highest BCUT2D eigenvalue weighted by Gasteiger charge is 2.33. The molecule has 4 nitrogen and oxygen atoms in total. The van der Waals surface area contributed by atoms with Gasteiger partial charge in [-0.25, -0.2) is 4.39 Å². The third-order valence-electron chi connectivity index (χ3n) is 6.31. The van der Waals surface area contributed by atoms with Gasteiger partial charge in [-0.15, -0.1) is 47.2 Å². The molecule has 0 aromatic heterocycles. The molecule has 0 aliphatic carbocycles. The summed E-state index contributed by atoms with van der Waals surface area (Å²) in [5.74, 6) is 1.65. The fraction of sp³-hybridized carbons (Fsp3) is 0.519. The van der Waals surface area contributed by atoms with E-state index in [2.05, 4.69) is 9.80 Å². The number of hydrogen-bond acceptors (Lipinski definition) is 4. The van der Waals surface area contributed by atoms with Gasteiger partial charge in [0.15, 0.2) is 5.78 Å². The number of carbonyl (C=O) groups excluding carboxylic acids is 1. The predicted molar refractivity (Wildman–Crippen MR) is 157 cm³/mol. The van der Waals surface area contributed by atoms with Crippen molar-refractivity contribution < 1.29 is 14.3 Å². The van der Waals surface area contributed by atoms with Gasteiger partial charge in [-0.2, -0.15) is 0 Å². The molecule has 0 bridgehead atoms. The van der Waals surface area contributed by atoms with E-state index in [1.807, 2.05) is 24.3 Å². The normalized spacial score (nSPS) is 15.0. The van der Waals surface area contributed by atoms with Crippen molar-refractivity contribution in [2.45, 2.75) is 31.3 Å². The van der Waals surface area contributed by atoms with Gasteiger partial charge in [0.1, 0.15) is 5.82 Å². The Kier molecular flexibility index (Phi) is 17.3. The van der Waals surface area contributed by atoms with Crippen molar-refractivity contribution in [3.05, 3.63) is 70.5 Å². The molecule has 2 aromatic carbocycles. The Morgan fingerprint density at radius 3 is 1.92 bits per heavy atom. The summed E-state index contributed by atoms with van der Waals surface area (Å²) in [7, 11) is 0. The van der Waals surface area contributed by atoms with Crippen molar-refractivity contribution in [1.82, 2.24) is 9.80 Å². The molecule has 0 radical (unpaired) electrons. The summed E-state index contributed by atoms with van der Waals surface area (Å²) in [5.41, 5.74) is 0.667. The molecule has 1 heterocycles. The summed E-state index contributed by atoms with van der Waals surface area (Å²) in [6.45, 7) is 5.04. The Morgan fingerprint density at radius 2 is 1.43 bits per heavy atom. The average Bonchev–Trinajstić information content (AvgIpc) is 2.87. The maximum atomic E-state index is 12.9. The SMILES string of the molecule is Cl.ClCCN(CCCl)CCCl.O=C(CCCN1CCC(O)(c2ccc(Cl)cc2)CC1)c1ccc(F)cc1. The third-order valence-corrected chi connectivity index (χ3v) is 7.07. The summed E-state index contributed by atoms with van der Waals surface area (Å²) in [5, 5.41) is 11.5. The zero-order valence-corrected chi connectivity index (χ0v) is 24.7. The van der Waals surface area contributed by atoms with Gasteiger partial charge < -0.3 is 10.0 Å². The van der Waals surface area contributed by atoms with Gasteiger partial charge in [0, 0.05) is 67.4 Å². The van der Waals surface area contributed by atoms with Crippen molar-refractivity contribution in [2.24, 2.45) is 0 Å². The summed E-state index contributed by atoms with van der Waals surface area (Å²) >= 11 is 22.5. The van der Waals surface area contributed by atoms with Crippen LogP contribution in [-0.4, -0.2) is 77.6 Å². The molecule has 0 spiro atoms. The standard InChI is InChI=1S/C21H23ClFNO2.C6H12Cl3N.ClH/c22-18-7-5-17(6-8-18)21(26)11-14-24(15-12-21)13-1-2-20(25)16-3-9-19(23)10-4-16;7-1-4-10(5-2-8)6-3-9;/h3-10,26H,1-2,11-15H2;1-6H2;1H. The third kappa shape index (κ3) is 12.4. The number of nitrogens with zero attached hydrogens (tertiary/aromatic N) is 2. The Hall–Kier alpha value is -0.630. The van der Waals surface area contributed by atoms with Gasteiger partial charge in [0.25, 0.3) is 0 Å². The number of likely N-dealkylation sites (tertiary alicyclic amines) is 1. The molecule has 1 aliphatic rings. The van der Waals surface area contributed by atoms with Crippen molar-refractivity contribution in [3.63, 3.8) is 0 Å². The highest BCUT2D eigenvalue weighted by molar-refractivity contribution is 6.30. The molecular formula is C27H36Cl5FN2O2. The number of aliphatic hydroxyl groups is 1. The minimum absolute atomic E-state index is 0. The van der Waals surface area contributed by atoms with Crippen molar-refractivity contribution in [2.75, 3.05) is 56.9 Å². The first-order valence-electron chi connectivity index (χ1n) is 12.2. The molecular weight excluding hydrogens is 581 g/mol. The lowest BCUT2D eigenvalue weighted by Crippen LogP contribution is -2.42. The molecule has 3 rings (SSSR count). The van der Waals surface area contributed by atoms with Crippen LogP contribution >= 0.6 is 58.8 Å². The Labute approximate surface area is 246 Å². The summed E-state index contributed by atoms with van der Waals surface area (Å²) in [6, 6.07) is 13.1. The lowest BCUT2D eigenvalue weighted by molar-refractivity contribution is -0.0260. The monoisotopic (exact) mass is 614 g/mol. The molecule has 1 N–H and O–H groups in total. The van der Waals surface area contributed by atoms with Crippen LogP contribution in [0.5, 0.6) is 0 Å². The van der Waals surface area contributed by atoms with Crippen molar-refractivity contribution >= 4 is 64.6 Å². The van der Waals surface area contributed by atoms with Gasteiger partial charge in [0.2, 0.25) is 0 Å². The topological polar surface area (TPSA) is 43.8 Å². The van der Waals surface area contributed by atoms with Crippen LogP contribution in [0, 0.1) is 5.82 Å². The number of hydrogen-bond donors (Lipinski definition) is 1. The quantitative estimate of drug-likeness (QED) is 0.209. The number of ketones is 1. The van der Waals surface area contributed by atoms with Gasteiger partial charge >= 0.3 is 0 Å². The molecule has 0 atom stereocenters. The van der Waals surface area contributed by atoms with E-state index in [1.165, 1.54) is 24.3 Å². The molecule has 0 amide bonds. The lowest BCUT2D eigenvalue weighted by atomic mass is 9.84. The predicted octanol–water partition coefficient (Wildman–Crippen LogP) is 6.85. The smallest absolute Gasteiger partial charge is 0.162 e. The number of piperidine rings is 1. The van der Waals surface area contributed by atoms with E-state index in [-0.39, 0.29) is 24.0 Å². The zero-order valence-electron chi connectivity index (χ0n) is 20.9. The van der Waals surface area contributed by atoms with Crippen LogP contribution in [0.4, 0.5) is 4.39 Å². The van der Waals surface area contributed by atoms with E-state index in [0.717, 1.165) is 51.3 Å². The maximum absolute atomic E-state index is 12.9. The van der Waals surface area contributed by atoms with Crippen LogP contribution in [0.25, 0.3) is 0 Å². The first kappa shape index (κ1) is 34.4. The Balaban J connectivity index is 0.000000533. The maximum Gasteiger partial charge on any atom is 0.162 e. The van der Waals surface area contributed by atoms with Crippen LogP contribution in [0.3, 0.4) is 0 Å². The van der Waals surface area contributed by atoms with Crippen LogP contribution in [0.15, 0.2) is 48.5 Å². The molecule has 10 heteroatoms. The van der Waals surface area contributed by atoms with E-state index in [1.54, 1.807) is 0 Å². The van der Waals surface area contributed by atoms with E-state index in [4.69, 9.17) is 46.4 Å². The number of Topliss-reactive ketones (excluding diaryl/α,β-unsaturated/α-hetero) is 1. The Morgan fingerprint density at radius 1 is 0.919 bits per heavy atom. The van der Waals surface area contributed by atoms with E-state index in [0.29, 0.717) is 47.5 Å². The second-order valence-corrected chi connectivity index (χ2v) is 10.4. The van der Waals surface area contributed by atoms with Gasteiger partial charge in [0.05, 0.1) is 5.60 Å². The van der Waals surface area contributed by atoms with Gasteiger partial charge in [-0.3, -0.25) is 9.69 Å². The molecule has 1 saturated heterocycles. The fourth-order valence-electron chi connectivity index (χ4n) is 4.13. The van der Waals surface area contributed by atoms with Crippen LogP contribution in [-0.2, 0) is 5.60 Å². The molecule has 208 valence electrons. The molecule has 37 heavy (non-hydrogen) atoms. The number of benzene rings is 2. The fourth-order valence-corrected chi connectivity index (χ4v) is 4.98. The first-order valence-corrected chi connectivity index (χ1v) is 14.2. The second-order valence-electron chi connectivity index (χ2n) is 8.82. The molecule has 0 saturated carbocycles. The van der Waals surface area contributed by atoms with Gasteiger partial charge in [-0.1, -0.05) is 23.7 Å². The van der Waals surface area contributed by atoms with E-state index >= 15 is 0 Å². The van der Waals surface area contributed by atoms with E-state index in [9.17, 15) is 14.3 Å². The highest BCUT2D eigenvalue weighted by Crippen LogP contribution is 2.33. The van der Waals surface area contributed by atoms with Gasteiger partial charge in [-0.05, 0) is 67.8 Å². The number of halogens is 6. The lowest BCUT2D eigenvalue weighted by Gasteiger charge is -2.38. The second kappa shape index (κ2) is 18.6. The molecule has 1 fully saturated rings. The van der Waals surface area contributed by atoms with E-state index < -0.39 is 5.60 Å². The summed E-state index contributed by atoms with van der Waals surface area (Å²) in [6.07, 6.45) is 2.54. The van der Waals surface area contributed by atoms with Crippen LogP contribution in [0.2, 0.25) is 5.02 Å². The highest BCUT2D eigenvalue weighted by atomic mass is 35.5. The minimum atomic E-state index is -0.801. The first-order chi connectivity index (χ1) is 17.3. The molecule has 2 aromatic rings. The Bertz CT molecular complexity index is 880. The summed E-state index contributed by atoms with van der Waals surface area (Å²) in [4.78, 5) is 16.5. The largest absolute Gasteiger partial charge is 0.385 e. The van der Waals surface area contributed by atoms with Crippen LogP contribution < -0.4 is 0 Å². The van der Waals surface area contributed by atoms with Crippen molar-refractivity contribution in [1.29, 1.82) is 0 Å². The molecule has 1 aliphatic heterocycles. The molecule has 0 unspecified atom stereocenters. The number of alkyl halides is 3. The van der Waals surface area contributed by atoms with Crippen molar-refractivity contribution in [3.8, 4) is 0 Å². The number of carbonyl (C=O) groups is 1. The number of rotatable bonds is 12. The van der Waals surface area contributed by atoms with Crippen LogP contribution in [0.1, 0.15) is 41.6 Å². The minimum Gasteiger partial charge on any atom is -0.385 e.